The van der Waals surface area contributed by atoms with Crippen molar-refractivity contribution in [2.75, 3.05) is 24.3 Å². The van der Waals surface area contributed by atoms with E-state index < -0.39 is 11.5 Å². The normalized spacial score (nSPS) is 19.7. The van der Waals surface area contributed by atoms with Crippen LogP contribution in [0.25, 0.3) is 5.52 Å². The summed E-state index contributed by atoms with van der Waals surface area (Å²) in [6.45, 7) is 7.58. The molecule has 1 unspecified atom stereocenters. The molecule has 0 saturated heterocycles. The van der Waals surface area contributed by atoms with Crippen LogP contribution in [0.3, 0.4) is 0 Å². The van der Waals surface area contributed by atoms with E-state index in [1.165, 1.54) is 0 Å². The van der Waals surface area contributed by atoms with Crippen molar-refractivity contribution >= 4 is 29.2 Å². The summed E-state index contributed by atoms with van der Waals surface area (Å²) in [5, 5.41) is 13.0. The van der Waals surface area contributed by atoms with E-state index in [0.717, 1.165) is 0 Å². The van der Waals surface area contributed by atoms with Gasteiger partial charge in [0.15, 0.2) is 5.52 Å². The molecule has 3 heterocycles. The van der Waals surface area contributed by atoms with Crippen molar-refractivity contribution in [3.8, 4) is 0 Å². The first-order valence-corrected chi connectivity index (χ1v) is 7.94. The number of hydrogen-bond acceptors (Lipinski definition) is 4. The first-order chi connectivity index (χ1) is 11.1. The van der Waals surface area contributed by atoms with E-state index in [0.29, 0.717) is 22.8 Å². The molecule has 1 aliphatic rings. The van der Waals surface area contributed by atoms with Gasteiger partial charge < -0.3 is 10.4 Å². The summed E-state index contributed by atoms with van der Waals surface area (Å²) in [7, 11) is 3.68. The monoisotopic (exact) mass is 331 g/mol. The molecule has 1 aliphatic heterocycles. The summed E-state index contributed by atoms with van der Waals surface area (Å²) in [5.74, 6) is 0.147. The molecule has 24 heavy (non-hydrogen) atoms. The van der Waals surface area contributed by atoms with Crippen LogP contribution in [0, 0.1) is 12.8 Å². The quantitative estimate of drug-likeness (QED) is 0.838. The predicted octanol–water partition coefficient (Wildman–Crippen LogP) is 1.78. The molecule has 0 radical (unpaired) electrons. The SMILES string of the molecule is Cc1cc[n+]2c(N(C)C)n3c(c2c1C(=O)O)NC(C)(C(C)C)C3=O. The highest BCUT2D eigenvalue weighted by Crippen LogP contribution is 2.38. The lowest BCUT2D eigenvalue weighted by Crippen LogP contribution is -2.46. The molecule has 1 atom stereocenters. The smallest absolute Gasteiger partial charge is 0.373 e. The Kier molecular flexibility index (Phi) is 3.37. The number of carboxylic acids is 1. The maximum Gasteiger partial charge on any atom is 0.373 e. The van der Waals surface area contributed by atoms with Crippen LogP contribution >= 0.6 is 0 Å². The van der Waals surface area contributed by atoms with Crippen LogP contribution in [-0.2, 0) is 0 Å². The third-order valence-electron chi connectivity index (χ3n) is 5.00. The molecule has 0 bridgehead atoms. The number of aryl methyl sites for hydroxylation is 1. The molecule has 7 heteroatoms. The number of pyridine rings is 1. The molecule has 0 aromatic carbocycles. The Morgan fingerprint density at radius 3 is 2.54 bits per heavy atom. The Labute approximate surface area is 140 Å². The summed E-state index contributed by atoms with van der Waals surface area (Å²) in [6, 6.07) is 1.76. The summed E-state index contributed by atoms with van der Waals surface area (Å²) >= 11 is 0. The van der Waals surface area contributed by atoms with Crippen molar-refractivity contribution in [1.82, 2.24) is 4.57 Å². The fourth-order valence-electron chi connectivity index (χ4n) is 3.28. The maximum absolute atomic E-state index is 13.1. The van der Waals surface area contributed by atoms with Gasteiger partial charge in [-0.3, -0.25) is 9.69 Å². The number of hydrogen-bond donors (Lipinski definition) is 2. The lowest BCUT2D eigenvalue weighted by molar-refractivity contribution is -0.497. The fourth-order valence-corrected chi connectivity index (χ4v) is 3.28. The lowest BCUT2D eigenvalue weighted by Gasteiger charge is -2.25. The van der Waals surface area contributed by atoms with Gasteiger partial charge in [-0.1, -0.05) is 13.8 Å². The Hall–Kier alpha value is -2.57. The van der Waals surface area contributed by atoms with Crippen LogP contribution in [0.1, 0.15) is 41.5 Å². The molecule has 2 aromatic heterocycles. The molecule has 0 amide bonds. The average molecular weight is 331 g/mol. The maximum atomic E-state index is 13.1. The van der Waals surface area contributed by atoms with Crippen molar-refractivity contribution in [2.24, 2.45) is 5.92 Å². The van der Waals surface area contributed by atoms with Crippen LogP contribution in [0.5, 0.6) is 0 Å². The van der Waals surface area contributed by atoms with Crippen LogP contribution in [-0.4, -0.2) is 41.2 Å². The Morgan fingerprint density at radius 1 is 1.42 bits per heavy atom. The molecule has 128 valence electrons. The van der Waals surface area contributed by atoms with Crippen molar-refractivity contribution in [3.63, 3.8) is 0 Å². The summed E-state index contributed by atoms with van der Waals surface area (Å²) in [6.07, 6.45) is 1.80. The van der Waals surface area contributed by atoms with Crippen LogP contribution in [0.2, 0.25) is 0 Å². The number of nitrogens with zero attached hydrogens (tertiary/aromatic N) is 3. The number of anilines is 2. The molecule has 2 N–H and O–H groups in total. The highest BCUT2D eigenvalue weighted by molar-refractivity contribution is 6.07. The summed E-state index contributed by atoms with van der Waals surface area (Å²) < 4.78 is 3.36. The van der Waals surface area contributed by atoms with E-state index in [1.807, 2.05) is 39.8 Å². The minimum Gasteiger partial charge on any atom is -0.478 e. The lowest BCUT2D eigenvalue weighted by atomic mass is 9.88. The van der Waals surface area contributed by atoms with Crippen LogP contribution in [0.15, 0.2) is 12.3 Å². The molecular formula is C17H23N4O3+. The van der Waals surface area contributed by atoms with Crippen molar-refractivity contribution < 1.29 is 19.1 Å². The Bertz CT molecular complexity index is 882. The second kappa shape index (κ2) is 4.96. The standard InChI is InChI=1S/C17H22N4O3/c1-9(2)17(4)15(24)21-13(18-17)12-11(14(22)23)10(3)7-8-20(12)16(21)19(5)6/h7-9,18H,1-6H3/p+1. The van der Waals surface area contributed by atoms with Gasteiger partial charge in [-0.15, -0.1) is 4.57 Å². The van der Waals surface area contributed by atoms with Gasteiger partial charge in [0, 0.05) is 0 Å². The zero-order valence-electron chi connectivity index (χ0n) is 14.8. The van der Waals surface area contributed by atoms with Gasteiger partial charge in [-0.25, -0.2) is 4.79 Å². The highest BCUT2D eigenvalue weighted by atomic mass is 16.4. The molecule has 2 aromatic rings. The van der Waals surface area contributed by atoms with Crippen LogP contribution in [0.4, 0.5) is 11.8 Å². The third-order valence-corrected chi connectivity index (χ3v) is 5.00. The number of carbonyl (C=O) groups is 2. The average Bonchev–Trinajstić information content (AvgIpc) is 2.92. The molecule has 0 saturated carbocycles. The Balaban J connectivity index is 2.47. The van der Waals surface area contributed by atoms with E-state index in [4.69, 9.17) is 0 Å². The Morgan fingerprint density at radius 2 is 2.04 bits per heavy atom. The summed E-state index contributed by atoms with van der Waals surface area (Å²) in [5.41, 5.74) is 0.620. The first kappa shape index (κ1) is 16.3. The van der Waals surface area contributed by atoms with Gasteiger partial charge in [-0.2, -0.15) is 4.40 Å². The molecular weight excluding hydrogens is 308 g/mol. The number of fused-ring (bicyclic) bond motifs is 3. The second-order valence-corrected chi connectivity index (χ2v) is 7.06. The predicted molar refractivity (Wildman–Crippen MR) is 91.1 cm³/mol. The van der Waals surface area contributed by atoms with Crippen molar-refractivity contribution in [2.45, 2.75) is 33.2 Å². The molecule has 3 rings (SSSR count). The molecule has 7 nitrogen and oxygen atoms in total. The zero-order chi connectivity index (χ0) is 18.0. The highest BCUT2D eigenvalue weighted by Gasteiger charge is 2.52. The molecule has 0 fully saturated rings. The second-order valence-electron chi connectivity index (χ2n) is 7.06. The number of aromatic carboxylic acids is 1. The number of carbonyl (C=O) groups excluding carboxylic acids is 1. The van der Waals surface area contributed by atoms with Gasteiger partial charge >= 0.3 is 17.8 Å². The number of carboxylic acid groups (broad SMARTS) is 1. The van der Waals surface area contributed by atoms with Crippen molar-refractivity contribution in [3.05, 3.63) is 23.4 Å². The minimum absolute atomic E-state index is 0.0537. The first-order valence-electron chi connectivity index (χ1n) is 7.94. The van der Waals surface area contributed by atoms with E-state index >= 15 is 0 Å². The minimum atomic E-state index is -1.00. The fraction of sp³-hybridized carbons (Fsp3) is 0.471. The van der Waals surface area contributed by atoms with Crippen LogP contribution < -0.4 is 14.6 Å². The van der Waals surface area contributed by atoms with Gasteiger partial charge in [0.1, 0.15) is 11.1 Å². The number of nitrogens with one attached hydrogen (secondary N) is 1. The number of rotatable bonds is 3. The van der Waals surface area contributed by atoms with Gasteiger partial charge in [0.05, 0.1) is 20.3 Å². The van der Waals surface area contributed by atoms with Gasteiger partial charge in [-0.05, 0) is 31.4 Å². The van der Waals surface area contributed by atoms with E-state index in [1.54, 1.807) is 28.2 Å². The van der Waals surface area contributed by atoms with E-state index in [9.17, 15) is 14.7 Å². The van der Waals surface area contributed by atoms with Crippen molar-refractivity contribution in [1.29, 1.82) is 0 Å². The topological polar surface area (TPSA) is 78.7 Å². The van der Waals surface area contributed by atoms with Gasteiger partial charge in [0.25, 0.3) is 0 Å². The number of aromatic nitrogens is 2. The van der Waals surface area contributed by atoms with Gasteiger partial charge in [0.2, 0.25) is 5.82 Å². The molecule has 0 spiro atoms. The largest absolute Gasteiger partial charge is 0.478 e. The molecule has 0 aliphatic carbocycles. The summed E-state index contributed by atoms with van der Waals surface area (Å²) in [4.78, 5) is 26.8. The van der Waals surface area contributed by atoms with E-state index in [-0.39, 0.29) is 17.4 Å². The van der Waals surface area contributed by atoms with E-state index in [2.05, 4.69) is 5.32 Å². The zero-order valence-corrected chi connectivity index (χ0v) is 14.8. The third kappa shape index (κ3) is 1.87. The number of imidazole rings is 1.